The maximum absolute atomic E-state index is 11.4. The number of ether oxygens (including phenoxy) is 3. The lowest BCUT2D eigenvalue weighted by atomic mass is 10.4. The minimum absolute atomic E-state index is 0.122. The second kappa shape index (κ2) is 6.32. The molecule has 2 heterocycles. The Balaban J connectivity index is 1.87. The Hall–Kier alpha value is -0.900. The SMILES string of the molecule is CN(C)C(=O)Sc1nsc(OC2COCOC2)n1. The van der Waals surface area contributed by atoms with Crippen molar-refractivity contribution in [1.29, 1.82) is 0 Å². The average molecular weight is 291 g/mol. The summed E-state index contributed by atoms with van der Waals surface area (Å²) in [4.78, 5) is 17.0. The second-order valence-corrected chi connectivity index (χ2v) is 5.34. The van der Waals surface area contributed by atoms with E-state index in [0.717, 1.165) is 23.3 Å². The summed E-state index contributed by atoms with van der Waals surface area (Å²) in [7, 11) is 3.35. The van der Waals surface area contributed by atoms with Crippen LogP contribution in [0.4, 0.5) is 4.79 Å². The van der Waals surface area contributed by atoms with Crippen LogP contribution in [-0.4, -0.2) is 59.7 Å². The monoisotopic (exact) mass is 291 g/mol. The van der Waals surface area contributed by atoms with Gasteiger partial charge in [0.2, 0.25) is 5.16 Å². The smallest absolute Gasteiger partial charge is 0.294 e. The minimum Gasteiger partial charge on any atom is -0.461 e. The molecule has 1 aliphatic heterocycles. The standard InChI is InChI=1S/C9H13N3O4S2/c1-12(2)9(13)17-7-10-8(18-11-7)16-6-3-14-5-15-4-6/h6H,3-5H2,1-2H3. The first-order valence-corrected chi connectivity index (χ1v) is 6.79. The number of carbonyl (C=O) groups excluding carboxylic acids is 1. The van der Waals surface area contributed by atoms with E-state index in [2.05, 4.69) is 9.36 Å². The molecule has 9 heteroatoms. The molecule has 0 bridgehead atoms. The van der Waals surface area contributed by atoms with Crippen LogP contribution in [0.5, 0.6) is 5.19 Å². The van der Waals surface area contributed by atoms with Crippen LogP contribution in [0.1, 0.15) is 0 Å². The lowest BCUT2D eigenvalue weighted by molar-refractivity contribution is -0.143. The first-order valence-electron chi connectivity index (χ1n) is 5.20. The van der Waals surface area contributed by atoms with Crippen molar-refractivity contribution in [3.8, 4) is 5.19 Å². The van der Waals surface area contributed by atoms with Crippen LogP contribution in [0.3, 0.4) is 0 Å². The summed E-state index contributed by atoms with van der Waals surface area (Å²) >= 11 is 2.08. The summed E-state index contributed by atoms with van der Waals surface area (Å²) in [6.07, 6.45) is -0.172. The van der Waals surface area contributed by atoms with Gasteiger partial charge in [0.05, 0.1) is 13.2 Å². The van der Waals surface area contributed by atoms with Gasteiger partial charge >= 0.3 is 0 Å². The maximum atomic E-state index is 11.4. The molecule has 1 aromatic rings. The highest BCUT2D eigenvalue weighted by molar-refractivity contribution is 8.13. The number of hydrogen-bond donors (Lipinski definition) is 0. The number of carbonyl (C=O) groups is 1. The van der Waals surface area contributed by atoms with E-state index in [0.29, 0.717) is 30.4 Å². The van der Waals surface area contributed by atoms with Crippen LogP contribution < -0.4 is 4.74 Å². The molecule has 18 heavy (non-hydrogen) atoms. The Morgan fingerprint density at radius 1 is 1.50 bits per heavy atom. The fourth-order valence-corrected chi connectivity index (χ4v) is 2.42. The summed E-state index contributed by atoms with van der Waals surface area (Å²) < 4.78 is 19.8. The van der Waals surface area contributed by atoms with Crippen LogP contribution in [0, 0.1) is 0 Å². The van der Waals surface area contributed by atoms with Crippen LogP contribution in [0.2, 0.25) is 0 Å². The van der Waals surface area contributed by atoms with Crippen molar-refractivity contribution in [3.63, 3.8) is 0 Å². The lowest BCUT2D eigenvalue weighted by Gasteiger charge is -2.21. The molecule has 0 spiro atoms. The maximum Gasteiger partial charge on any atom is 0.294 e. The van der Waals surface area contributed by atoms with Crippen molar-refractivity contribution in [3.05, 3.63) is 0 Å². The highest BCUT2D eigenvalue weighted by Gasteiger charge is 2.19. The molecule has 1 aromatic heterocycles. The predicted octanol–water partition coefficient (Wildman–Crippen LogP) is 1.06. The quantitative estimate of drug-likeness (QED) is 0.771. The molecule has 0 atom stereocenters. The second-order valence-electron chi connectivity index (χ2n) is 3.70. The third-order valence-electron chi connectivity index (χ3n) is 1.97. The molecule has 1 aliphatic rings. The van der Waals surface area contributed by atoms with Crippen molar-refractivity contribution in [1.82, 2.24) is 14.3 Å². The van der Waals surface area contributed by atoms with Crippen molar-refractivity contribution < 1.29 is 19.0 Å². The summed E-state index contributed by atoms with van der Waals surface area (Å²) in [5.41, 5.74) is 0. The van der Waals surface area contributed by atoms with E-state index in [-0.39, 0.29) is 11.3 Å². The predicted molar refractivity (Wildman–Crippen MR) is 66.0 cm³/mol. The molecule has 2 rings (SSSR count). The zero-order chi connectivity index (χ0) is 13.0. The Labute approximate surface area is 113 Å². The third-order valence-corrected chi connectivity index (χ3v) is 3.60. The zero-order valence-electron chi connectivity index (χ0n) is 9.99. The molecule has 0 radical (unpaired) electrons. The number of thioether (sulfide) groups is 1. The summed E-state index contributed by atoms with van der Waals surface area (Å²) in [6, 6.07) is 0. The molecule has 0 unspecified atom stereocenters. The van der Waals surface area contributed by atoms with Crippen molar-refractivity contribution in [2.45, 2.75) is 11.3 Å². The lowest BCUT2D eigenvalue weighted by Crippen LogP contribution is -2.33. The van der Waals surface area contributed by atoms with Gasteiger partial charge < -0.3 is 19.1 Å². The van der Waals surface area contributed by atoms with Gasteiger partial charge in [0, 0.05) is 37.4 Å². The molecule has 1 amide bonds. The Morgan fingerprint density at radius 3 is 2.89 bits per heavy atom. The molecule has 0 saturated carbocycles. The van der Waals surface area contributed by atoms with Crippen molar-refractivity contribution in [2.75, 3.05) is 34.1 Å². The highest BCUT2D eigenvalue weighted by atomic mass is 32.2. The minimum atomic E-state index is -0.172. The fraction of sp³-hybridized carbons (Fsp3) is 0.667. The molecule has 1 fully saturated rings. The van der Waals surface area contributed by atoms with Crippen LogP contribution in [-0.2, 0) is 9.47 Å². The van der Waals surface area contributed by atoms with E-state index in [4.69, 9.17) is 14.2 Å². The number of hydrogen-bond acceptors (Lipinski definition) is 8. The van der Waals surface area contributed by atoms with Crippen LogP contribution in [0.25, 0.3) is 0 Å². The first kappa shape index (κ1) is 13.5. The number of aromatic nitrogens is 2. The normalized spacial score (nSPS) is 16.6. The molecule has 0 N–H and O–H groups in total. The highest BCUT2D eigenvalue weighted by Crippen LogP contribution is 2.24. The van der Waals surface area contributed by atoms with Gasteiger partial charge in [0.25, 0.3) is 10.4 Å². The average Bonchev–Trinajstić information content (AvgIpc) is 2.77. The molecule has 1 saturated heterocycles. The van der Waals surface area contributed by atoms with Gasteiger partial charge in [0.1, 0.15) is 12.9 Å². The summed E-state index contributed by atoms with van der Waals surface area (Å²) in [6.45, 7) is 1.24. The van der Waals surface area contributed by atoms with E-state index >= 15 is 0 Å². The van der Waals surface area contributed by atoms with Gasteiger partial charge in [-0.2, -0.15) is 9.36 Å². The summed E-state index contributed by atoms with van der Waals surface area (Å²) in [5.74, 6) is 0. The van der Waals surface area contributed by atoms with Gasteiger partial charge in [-0.05, 0) is 0 Å². The first-order chi connectivity index (χ1) is 8.65. The Morgan fingerprint density at radius 2 is 2.22 bits per heavy atom. The molecule has 100 valence electrons. The fourth-order valence-electron chi connectivity index (χ4n) is 1.13. The Kier molecular flexibility index (Phi) is 4.75. The van der Waals surface area contributed by atoms with Gasteiger partial charge in [0.15, 0.2) is 0 Å². The molecular formula is C9H13N3O4S2. The molecule has 7 nitrogen and oxygen atoms in total. The van der Waals surface area contributed by atoms with E-state index in [1.165, 1.54) is 4.90 Å². The summed E-state index contributed by atoms with van der Waals surface area (Å²) in [5, 5.41) is 0.693. The molecule has 0 aliphatic carbocycles. The topological polar surface area (TPSA) is 73.8 Å². The van der Waals surface area contributed by atoms with Gasteiger partial charge in [-0.3, -0.25) is 4.79 Å². The Bertz CT molecular complexity index is 406. The third kappa shape index (κ3) is 3.80. The number of amides is 1. The van der Waals surface area contributed by atoms with E-state index in [9.17, 15) is 4.79 Å². The largest absolute Gasteiger partial charge is 0.461 e. The number of nitrogens with zero attached hydrogens (tertiary/aromatic N) is 3. The number of rotatable bonds is 3. The zero-order valence-corrected chi connectivity index (χ0v) is 11.6. The molecular weight excluding hydrogens is 278 g/mol. The van der Waals surface area contributed by atoms with E-state index in [1.54, 1.807) is 14.1 Å². The van der Waals surface area contributed by atoms with Gasteiger partial charge in [-0.25, -0.2) is 0 Å². The van der Waals surface area contributed by atoms with E-state index < -0.39 is 0 Å². The van der Waals surface area contributed by atoms with Crippen molar-refractivity contribution >= 4 is 28.5 Å². The van der Waals surface area contributed by atoms with Crippen LogP contribution in [0.15, 0.2) is 5.16 Å². The van der Waals surface area contributed by atoms with Gasteiger partial charge in [-0.15, -0.1) is 0 Å². The van der Waals surface area contributed by atoms with Crippen molar-refractivity contribution in [2.24, 2.45) is 0 Å². The molecule has 0 aromatic carbocycles. The van der Waals surface area contributed by atoms with Crippen LogP contribution >= 0.6 is 23.3 Å². The van der Waals surface area contributed by atoms with E-state index in [1.807, 2.05) is 0 Å². The van der Waals surface area contributed by atoms with Gasteiger partial charge in [-0.1, -0.05) is 0 Å².